The van der Waals surface area contributed by atoms with E-state index in [2.05, 4.69) is 40.4 Å². The molecule has 0 radical (unpaired) electrons. The van der Waals surface area contributed by atoms with E-state index in [0.717, 1.165) is 49.6 Å². The van der Waals surface area contributed by atoms with Crippen LogP contribution in [0.2, 0.25) is 0 Å². The van der Waals surface area contributed by atoms with Crippen molar-refractivity contribution in [3.05, 3.63) is 47.5 Å². The number of likely N-dealkylation sites (N-methyl/N-ethyl adjacent to an activating group) is 1. The molecule has 0 bridgehead atoms. The number of fused-ring (bicyclic) bond motifs is 1. The minimum absolute atomic E-state index is 0.0136. The number of aliphatic hydroxyl groups excluding tert-OH is 3. The highest BCUT2D eigenvalue weighted by Gasteiger charge is 2.27. The third kappa shape index (κ3) is 7.24. The van der Waals surface area contributed by atoms with Gasteiger partial charge in [-0.1, -0.05) is 18.2 Å². The van der Waals surface area contributed by atoms with Crippen molar-refractivity contribution in [1.82, 2.24) is 10.2 Å². The number of aliphatic hydroxyl groups is 3. The van der Waals surface area contributed by atoms with E-state index in [0.29, 0.717) is 6.42 Å². The normalized spacial score (nSPS) is 23.3. The number of carbonyl (C=O) groups is 1. The quantitative estimate of drug-likeness (QED) is 0.368. The van der Waals surface area contributed by atoms with Gasteiger partial charge in [-0.3, -0.25) is 4.79 Å². The Bertz CT molecular complexity index is 1070. The third-order valence-corrected chi connectivity index (χ3v) is 6.24. The molecule has 3 unspecified atom stereocenters. The van der Waals surface area contributed by atoms with Crippen molar-refractivity contribution < 1.29 is 24.9 Å². The predicted octanol–water partition coefficient (Wildman–Crippen LogP) is 1.08. The van der Waals surface area contributed by atoms with Crippen LogP contribution in [0.3, 0.4) is 0 Å². The lowest BCUT2D eigenvalue weighted by Gasteiger charge is -2.34. The van der Waals surface area contributed by atoms with E-state index in [9.17, 15) is 20.3 Å². The maximum Gasteiger partial charge on any atom is 0.262 e. The monoisotopic (exact) mass is 482 g/mol. The van der Waals surface area contributed by atoms with Crippen molar-refractivity contribution in [1.29, 1.82) is 5.26 Å². The highest BCUT2D eigenvalue weighted by molar-refractivity contribution is 6.02. The SMILES string of the molecule is CN1CCN(c2ccc3cc(/C=C(\C#N)C(=O)NCC4CC(O)CC(O)O4)ccc3c2)CC1.CO. The Labute approximate surface area is 205 Å². The molecule has 0 spiro atoms. The lowest BCUT2D eigenvalue weighted by Crippen LogP contribution is -2.44. The molecule has 2 heterocycles. The lowest BCUT2D eigenvalue weighted by molar-refractivity contribution is -0.187. The molecule has 4 N–H and O–H groups in total. The molecule has 2 aliphatic rings. The van der Waals surface area contributed by atoms with Gasteiger partial charge in [0.25, 0.3) is 5.91 Å². The Hall–Kier alpha value is -3.00. The zero-order valence-electron chi connectivity index (χ0n) is 20.2. The van der Waals surface area contributed by atoms with Crippen molar-refractivity contribution >= 4 is 28.4 Å². The van der Waals surface area contributed by atoms with Crippen molar-refractivity contribution in [2.24, 2.45) is 0 Å². The van der Waals surface area contributed by atoms with Crippen LogP contribution >= 0.6 is 0 Å². The van der Waals surface area contributed by atoms with Gasteiger partial charge in [-0.15, -0.1) is 0 Å². The van der Waals surface area contributed by atoms with Crippen molar-refractivity contribution in [2.75, 3.05) is 51.8 Å². The van der Waals surface area contributed by atoms with Gasteiger partial charge in [0.15, 0.2) is 6.29 Å². The summed E-state index contributed by atoms with van der Waals surface area (Å²) in [6, 6.07) is 14.2. The smallest absolute Gasteiger partial charge is 0.262 e. The zero-order chi connectivity index (χ0) is 25.4. The number of benzene rings is 2. The molecule has 2 aliphatic heterocycles. The fourth-order valence-electron chi connectivity index (χ4n) is 4.32. The maximum absolute atomic E-state index is 12.5. The molecular formula is C26H34N4O5. The second-order valence-electron chi connectivity index (χ2n) is 8.80. The van der Waals surface area contributed by atoms with Gasteiger partial charge in [-0.05, 0) is 47.7 Å². The number of hydrogen-bond acceptors (Lipinski definition) is 8. The number of ether oxygens (including phenoxy) is 1. The van der Waals surface area contributed by atoms with Gasteiger partial charge in [0.05, 0.1) is 12.2 Å². The first-order chi connectivity index (χ1) is 16.9. The van der Waals surface area contributed by atoms with Gasteiger partial charge < -0.3 is 35.2 Å². The van der Waals surface area contributed by atoms with Crippen LogP contribution in [0, 0.1) is 11.3 Å². The molecule has 4 rings (SSSR count). The standard InChI is InChI=1S/C25H30N4O4.CH4O/c1-28-6-8-29(9-7-28)21-5-4-18-10-17(2-3-19(18)12-21)11-20(15-26)25(32)27-16-23-13-22(30)14-24(31)33-23;1-2/h2-5,10-12,22-24,30-31H,6-9,13-14,16H2,1H3,(H,27,32);2H,1H3/b20-11+;. The molecule has 188 valence electrons. The van der Waals surface area contributed by atoms with Crippen molar-refractivity contribution in [3.63, 3.8) is 0 Å². The first kappa shape index (κ1) is 26.6. The first-order valence-electron chi connectivity index (χ1n) is 11.7. The van der Waals surface area contributed by atoms with Gasteiger partial charge >= 0.3 is 0 Å². The largest absolute Gasteiger partial charge is 0.400 e. The molecule has 0 aromatic heterocycles. The number of amides is 1. The van der Waals surface area contributed by atoms with E-state index in [1.807, 2.05) is 24.3 Å². The second kappa shape index (κ2) is 12.6. The molecule has 2 saturated heterocycles. The van der Waals surface area contributed by atoms with Gasteiger partial charge in [-0.2, -0.15) is 5.26 Å². The van der Waals surface area contributed by atoms with E-state index in [-0.39, 0.29) is 18.5 Å². The van der Waals surface area contributed by atoms with Crippen LogP contribution in [0.5, 0.6) is 0 Å². The maximum atomic E-state index is 12.5. The van der Waals surface area contributed by atoms with E-state index in [1.165, 1.54) is 5.69 Å². The second-order valence-corrected chi connectivity index (χ2v) is 8.80. The Kier molecular flexibility index (Phi) is 9.60. The minimum atomic E-state index is -1.05. The molecular weight excluding hydrogens is 448 g/mol. The highest BCUT2D eigenvalue weighted by atomic mass is 16.6. The fraction of sp³-hybridized carbons (Fsp3) is 0.462. The Morgan fingerprint density at radius 2 is 1.80 bits per heavy atom. The molecule has 9 heteroatoms. The molecule has 2 fully saturated rings. The topological polar surface area (TPSA) is 129 Å². The molecule has 0 saturated carbocycles. The predicted molar refractivity (Wildman–Crippen MR) is 135 cm³/mol. The molecule has 2 aromatic rings. The number of piperazine rings is 1. The summed E-state index contributed by atoms with van der Waals surface area (Å²) in [6.45, 7) is 4.23. The summed E-state index contributed by atoms with van der Waals surface area (Å²) in [6.07, 6.45) is -0.167. The van der Waals surface area contributed by atoms with Gasteiger partial charge in [0.1, 0.15) is 11.6 Å². The number of anilines is 1. The Balaban J connectivity index is 0.00000167. The van der Waals surface area contributed by atoms with Crippen LogP contribution in [0.15, 0.2) is 42.0 Å². The fourth-order valence-corrected chi connectivity index (χ4v) is 4.32. The molecule has 35 heavy (non-hydrogen) atoms. The molecule has 2 aromatic carbocycles. The average Bonchev–Trinajstić information content (AvgIpc) is 2.86. The minimum Gasteiger partial charge on any atom is -0.400 e. The van der Waals surface area contributed by atoms with E-state index in [4.69, 9.17) is 9.84 Å². The number of rotatable bonds is 5. The Morgan fingerprint density at radius 3 is 2.49 bits per heavy atom. The van der Waals surface area contributed by atoms with Crippen molar-refractivity contribution in [2.45, 2.75) is 31.3 Å². The van der Waals surface area contributed by atoms with Crippen LogP contribution in [0.4, 0.5) is 5.69 Å². The summed E-state index contributed by atoms with van der Waals surface area (Å²) in [5.74, 6) is -0.513. The summed E-state index contributed by atoms with van der Waals surface area (Å²) < 4.78 is 5.32. The van der Waals surface area contributed by atoms with Crippen LogP contribution in [-0.4, -0.2) is 91.5 Å². The van der Waals surface area contributed by atoms with Crippen LogP contribution < -0.4 is 10.2 Å². The number of nitrogens with one attached hydrogen (secondary N) is 1. The highest BCUT2D eigenvalue weighted by Crippen LogP contribution is 2.25. The Morgan fingerprint density at radius 1 is 1.11 bits per heavy atom. The van der Waals surface area contributed by atoms with E-state index in [1.54, 1.807) is 6.08 Å². The van der Waals surface area contributed by atoms with Crippen molar-refractivity contribution in [3.8, 4) is 6.07 Å². The van der Waals surface area contributed by atoms with E-state index >= 15 is 0 Å². The van der Waals surface area contributed by atoms with E-state index < -0.39 is 24.4 Å². The average molecular weight is 483 g/mol. The van der Waals surface area contributed by atoms with Gasteiger partial charge in [-0.25, -0.2) is 0 Å². The lowest BCUT2D eigenvalue weighted by atomic mass is 10.0. The molecule has 9 nitrogen and oxygen atoms in total. The number of hydrogen-bond donors (Lipinski definition) is 4. The summed E-state index contributed by atoms with van der Waals surface area (Å²) in [5.41, 5.74) is 1.96. The third-order valence-electron chi connectivity index (χ3n) is 6.24. The first-order valence-corrected chi connectivity index (χ1v) is 11.7. The van der Waals surface area contributed by atoms with Crippen LogP contribution in [0.1, 0.15) is 18.4 Å². The summed E-state index contributed by atoms with van der Waals surface area (Å²) in [4.78, 5) is 17.2. The molecule has 3 atom stereocenters. The molecule has 0 aliphatic carbocycles. The summed E-state index contributed by atoms with van der Waals surface area (Å²) in [7, 11) is 3.14. The number of nitriles is 1. The number of nitrogens with zero attached hydrogens (tertiary/aromatic N) is 3. The molecule has 1 amide bonds. The summed E-state index contributed by atoms with van der Waals surface area (Å²) >= 11 is 0. The van der Waals surface area contributed by atoms with Gasteiger partial charge in [0, 0.05) is 58.4 Å². The number of carbonyl (C=O) groups excluding carboxylic acids is 1. The van der Waals surface area contributed by atoms with Gasteiger partial charge in [0.2, 0.25) is 0 Å². The van der Waals surface area contributed by atoms with Crippen LogP contribution in [-0.2, 0) is 9.53 Å². The van der Waals surface area contributed by atoms with Crippen LogP contribution in [0.25, 0.3) is 16.8 Å². The summed E-state index contributed by atoms with van der Waals surface area (Å²) in [5, 5.41) is 40.6. The zero-order valence-corrected chi connectivity index (χ0v) is 20.2.